The minimum atomic E-state index is -0.111. The number of carbonyl (C=O) groups excluding carboxylic acids is 1. The van der Waals surface area contributed by atoms with Gasteiger partial charge in [-0.25, -0.2) is 4.98 Å². The number of para-hydroxylation sites is 1. The number of thioether (sulfide) groups is 1. The summed E-state index contributed by atoms with van der Waals surface area (Å²) in [5.41, 5.74) is 4.49. The Morgan fingerprint density at radius 2 is 1.88 bits per heavy atom. The number of carbonyl (C=O) groups is 1. The van der Waals surface area contributed by atoms with Gasteiger partial charge in [-0.3, -0.25) is 14.3 Å². The average Bonchev–Trinajstić information content (AvgIpc) is 3.66. The number of aryl methyl sites for hydroxylation is 1. The van der Waals surface area contributed by atoms with Gasteiger partial charge in [-0.2, -0.15) is 0 Å². The number of hydrogen-bond acceptors (Lipinski definition) is 9. The number of pyridine rings is 1. The van der Waals surface area contributed by atoms with Crippen LogP contribution in [0.5, 0.6) is 11.5 Å². The van der Waals surface area contributed by atoms with Crippen molar-refractivity contribution in [1.29, 1.82) is 0 Å². The standard InChI is InChI=1S/C30H30N6O3S2/c1-20-8-5-6-10-24(20)36-28(22-9-7-14-31-17-22)33-34-30(36)41-19-27-32-23(18-40-27)29(37)35(2)15-13-21-11-12-25(38-3)26(16-21)39-4/h5-12,14,16-18H,13,15,19H2,1-4H3. The second-order valence-corrected chi connectivity index (χ2v) is 11.1. The van der Waals surface area contributed by atoms with Crippen LogP contribution in [-0.4, -0.2) is 63.4 Å². The average molecular weight is 587 g/mol. The van der Waals surface area contributed by atoms with E-state index in [0.29, 0.717) is 35.9 Å². The van der Waals surface area contributed by atoms with Crippen LogP contribution in [0.2, 0.25) is 0 Å². The second kappa shape index (κ2) is 13.0. The SMILES string of the molecule is COc1ccc(CCN(C)C(=O)c2csc(CSc3nnc(-c4cccnc4)n3-c3ccccc3C)n2)cc1OC. The molecule has 0 aliphatic heterocycles. The maximum absolute atomic E-state index is 13.1. The van der Waals surface area contributed by atoms with Crippen LogP contribution in [0.25, 0.3) is 17.1 Å². The number of amides is 1. The first-order valence-electron chi connectivity index (χ1n) is 12.9. The molecule has 41 heavy (non-hydrogen) atoms. The van der Waals surface area contributed by atoms with E-state index in [-0.39, 0.29) is 5.91 Å². The summed E-state index contributed by atoms with van der Waals surface area (Å²) in [5.74, 6) is 2.52. The first-order valence-corrected chi connectivity index (χ1v) is 14.8. The Hall–Kier alpha value is -4.22. The number of benzene rings is 2. The van der Waals surface area contributed by atoms with Crippen molar-refractivity contribution in [3.05, 3.63) is 94.2 Å². The molecule has 0 saturated carbocycles. The third-order valence-electron chi connectivity index (χ3n) is 6.54. The van der Waals surface area contributed by atoms with Crippen LogP contribution in [0.4, 0.5) is 0 Å². The zero-order chi connectivity index (χ0) is 28.8. The van der Waals surface area contributed by atoms with Crippen molar-refractivity contribution in [2.75, 3.05) is 27.8 Å². The summed E-state index contributed by atoms with van der Waals surface area (Å²) in [7, 11) is 5.02. The van der Waals surface area contributed by atoms with E-state index in [0.717, 1.165) is 38.4 Å². The molecular formula is C30H30N6O3S2. The fourth-order valence-corrected chi connectivity index (χ4v) is 6.04. The first kappa shape index (κ1) is 28.3. The second-order valence-electron chi connectivity index (χ2n) is 9.25. The lowest BCUT2D eigenvalue weighted by Crippen LogP contribution is -2.29. The number of likely N-dealkylation sites (N-methyl/N-ethyl adjacent to an activating group) is 1. The molecule has 0 atom stereocenters. The zero-order valence-electron chi connectivity index (χ0n) is 23.3. The monoisotopic (exact) mass is 586 g/mol. The van der Waals surface area contributed by atoms with Crippen LogP contribution in [0.1, 0.15) is 26.6 Å². The highest BCUT2D eigenvalue weighted by molar-refractivity contribution is 7.98. The van der Waals surface area contributed by atoms with Gasteiger partial charge in [0.25, 0.3) is 5.91 Å². The molecule has 2 aromatic carbocycles. The summed E-state index contributed by atoms with van der Waals surface area (Å²) < 4.78 is 12.8. The molecule has 0 aliphatic carbocycles. The number of methoxy groups -OCH3 is 2. The van der Waals surface area contributed by atoms with E-state index in [4.69, 9.17) is 9.47 Å². The number of ether oxygens (including phenoxy) is 2. The van der Waals surface area contributed by atoms with Gasteiger partial charge in [-0.05, 0) is 54.8 Å². The Morgan fingerprint density at radius 3 is 2.63 bits per heavy atom. The predicted molar refractivity (Wildman–Crippen MR) is 161 cm³/mol. The number of thiazole rings is 1. The molecule has 0 saturated heterocycles. The molecule has 9 nitrogen and oxygen atoms in total. The Bertz CT molecular complexity index is 1640. The van der Waals surface area contributed by atoms with Crippen molar-refractivity contribution >= 4 is 29.0 Å². The summed E-state index contributed by atoms with van der Waals surface area (Å²) in [6.07, 6.45) is 4.21. The summed E-state index contributed by atoms with van der Waals surface area (Å²) >= 11 is 3.01. The third kappa shape index (κ3) is 6.41. The number of aromatic nitrogens is 5. The van der Waals surface area contributed by atoms with Crippen LogP contribution in [0, 0.1) is 6.92 Å². The highest BCUT2D eigenvalue weighted by atomic mass is 32.2. The highest BCUT2D eigenvalue weighted by Gasteiger charge is 2.20. The van der Waals surface area contributed by atoms with Gasteiger partial charge >= 0.3 is 0 Å². The largest absolute Gasteiger partial charge is 0.493 e. The van der Waals surface area contributed by atoms with Gasteiger partial charge in [0, 0.05) is 36.9 Å². The molecule has 0 fully saturated rings. The lowest BCUT2D eigenvalue weighted by molar-refractivity contribution is 0.0791. The number of nitrogens with zero attached hydrogens (tertiary/aromatic N) is 6. The maximum Gasteiger partial charge on any atom is 0.273 e. The molecule has 0 bridgehead atoms. The summed E-state index contributed by atoms with van der Waals surface area (Å²) in [4.78, 5) is 23.7. The van der Waals surface area contributed by atoms with Crippen LogP contribution in [-0.2, 0) is 12.2 Å². The van der Waals surface area contributed by atoms with Crippen molar-refractivity contribution in [3.63, 3.8) is 0 Å². The number of rotatable bonds is 11. The van der Waals surface area contributed by atoms with E-state index in [1.807, 2.05) is 47.8 Å². The summed E-state index contributed by atoms with van der Waals surface area (Å²) in [6.45, 7) is 2.61. The molecule has 5 aromatic rings. The van der Waals surface area contributed by atoms with E-state index in [1.165, 1.54) is 23.1 Å². The van der Waals surface area contributed by atoms with Gasteiger partial charge in [0.15, 0.2) is 22.5 Å². The lowest BCUT2D eigenvalue weighted by atomic mass is 10.1. The van der Waals surface area contributed by atoms with Crippen LogP contribution in [0.3, 0.4) is 0 Å². The summed E-state index contributed by atoms with van der Waals surface area (Å²) in [5, 5.41) is 12.4. The highest BCUT2D eigenvalue weighted by Crippen LogP contribution is 2.31. The van der Waals surface area contributed by atoms with Gasteiger partial charge in [-0.15, -0.1) is 21.5 Å². The molecule has 3 heterocycles. The minimum Gasteiger partial charge on any atom is -0.493 e. The smallest absolute Gasteiger partial charge is 0.273 e. The predicted octanol–water partition coefficient (Wildman–Crippen LogP) is 5.72. The topological polar surface area (TPSA) is 95.3 Å². The van der Waals surface area contributed by atoms with E-state index in [9.17, 15) is 4.79 Å². The molecule has 11 heteroatoms. The Kier molecular flexibility index (Phi) is 8.95. The van der Waals surface area contributed by atoms with Gasteiger partial charge in [0.05, 0.1) is 25.7 Å². The lowest BCUT2D eigenvalue weighted by Gasteiger charge is -2.16. The van der Waals surface area contributed by atoms with Crippen molar-refractivity contribution in [3.8, 4) is 28.6 Å². The molecule has 0 N–H and O–H groups in total. The van der Waals surface area contributed by atoms with Crippen molar-refractivity contribution < 1.29 is 14.3 Å². The molecule has 0 spiro atoms. The van der Waals surface area contributed by atoms with E-state index in [1.54, 1.807) is 38.6 Å². The molecule has 3 aromatic heterocycles. The molecule has 0 radical (unpaired) electrons. The van der Waals surface area contributed by atoms with Crippen LogP contribution >= 0.6 is 23.1 Å². The normalized spacial score (nSPS) is 10.9. The molecule has 5 rings (SSSR count). The Labute approximate surface area is 247 Å². The van der Waals surface area contributed by atoms with Crippen molar-refractivity contribution in [2.45, 2.75) is 24.3 Å². The molecule has 210 valence electrons. The molecule has 0 unspecified atom stereocenters. The fraction of sp³-hybridized carbons (Fsp3) is 0.233. The van der Waals surface area contributed by atoms with Gasteiger partial charge < -0.3 is 14.4 Å². The third-order valence-corrected chi connectivity index (χ3v) is 8.51. The van der Waals surface area contributed by atoms with Gasteiger partial charge in [-0.1, -0.05) is 36.0 Å². The van der Waals surface area contributed by atoms with E-state index >= 15 is 0 Å². The maximum atomic E-state index is 13.1. The van der Waals surface area contributed by atoms with Crippen LogP contribution < -0.4 is 9.47 Å². The molecular weight excluding hydrogens is 557 g/mol. The van der Waals surface area contributed by atoms with Crippen molar-refractivity contribution in [1.82, 2.24) is 29.6 Å². The quantitative estimate of drug-likeness (QED) is 0.182. The summed E-state index contributed by atoms with van der Waals surface area (Å²) in [6, 6.07) is 17.8. The Balaban J connectivity index is 1.27. The van der Waals surface area contributed by atoms with Crippen LogP contribution in [0.15, 0.2) is 77.5 Å². The Morgan fingerprint density at radius 1 is 1.05 bits per heavy atom. The van der Waals surface area contributed by atoms with E-state index in [2.05, 4.69) is 43.8 Å². The first-order chi connectivity index (χ1) is 20.0. The zero-order valence-corrected chi connectivity index (χ0v) is 24.9. The number of hydrogen-bond donors (Lipinski definition) is 0. The fourth-order valence-electron chi connectivity index (χ4n) is 4.31. The van der Waals surface area contributed by atoms with Gasteiger partial charge in [0.2, 0.25) is 0 Å². The van der Waals surface area contributed by atoms with Gasteiger partial charge in [0.1, 0.15) is 10.7 Å². The molecule has 1 amide bonds. The molecule has 0 aliphatic rings. The minimum absolute atomic E-state index is 0.111. The van der Waals surface area contributed by atoms with E-state index < -0.39 is 0 Å². The van der Waals surface area contributed by atoms with Crippen molar-refractivity contribution in [2.24, 2.45) is 0 Å².